The fourth-order valence-corrected chi connectivity index (χ4v) is 4.85. The van der Waals surface area contributed by atoms with Crippen molar-refractivity contribution in [2.45, 2.75) is 44.7 Å². The van der Waals surface area contributed by atoms with Gasteiger partial charge in [0.1, 0.15) is 11.6 Å². The van der Waals surface area contributed by atoms with Gasteiger partial charge in [-0.05, 0) is 54.7 Å². The predicted molar refractivity (Wildman–Crippen MR) is 104 cm³/mol. The van der Waals surface area contributed by atoms with Crippen molar-refractivity contribution in [1.29, 1.82) is 0 Å². The Kier molecular flexibility index (Phi) is 4.33. The van der Waals surface area contributed by atoms with E-state index in [4.69, 9.17) is 4.52 Å². The van der Waals surface area contributed by atoms with Gasteiger partial charge < -0.3 is 9.63 Å². The smallest absolute Gasteiger partial charge is 0.170 e. The number of benzene rings is 2. The second-order valence-electron chi connectivity index (χ2n) is 7.84. The third kappa shape index (κ3) is 2.88. The molecule has 2 aromatic carbocycles. The fourth-order valence-electron chi connectivity index (χ4n) is 4.85. The van der Waals surface area contributed by atoms with Crippen LogP contribution >= 0.6 is 0 Å². The maximum Gasteiger partial charge on any atom is 0.170 e. The molecule has 1 unspecified atom stereocenters. The molecule has 3 heterocycles. The summed E-state index contributed by atoms with van der Waals surface area (Å²) < 4.78 is 18.8. The van der Waals surface area contributed by atoms with E-state index in [1.54, 1.807) is 12.1 Å². The third-order valence-corrected chi connectivity index (χ3v) is 6.25. The number of rotatable bonds is 3. The van der Waals surface area contributed by atoms with Crippen molar-refractivity contribution in [3.63, 3.8) is 0 Å². The Morgan fingerprint density at radius 1 is 1.18 bits per heavy atom. The molecule has 1 N–H and O–H groups in total. The number of halogens is 1. The number of hydrazine groups is 1. The second-order valence-corrected chi connectivity index (χ2v) is 7.84. The highest BCUT2D eigenvalue weighted by Gasteiger charge is 2.35. The molecule has 3 aromatic rings. The molecule has 0 aliphatic carbocycles. The summed E-state index contributed by atoms with van der Waals surface area (Å²) in [4.78, 5) is 0. The molecule has 0 radical (unpaired) electrons. The van der Waals surface area contributed by atoms with Crippen LogP contribution < -0.4 is 0 Å². The molecular weight excluding hydrogens is 357 g/mol. The van der Waals surface area contributed by atoms with Crippen LogP contribution in [0.1, 0.15) is 55.0 Å². The Labute approximate surface area is 163 Å². The molecular formula is C22H24FN3O2. The van der Waals surface area contributed by atoms with Crippen LogP contribution in [0.3, 0.4) is 0 Å². The van der Waals surface area contributed by atoms with E-state index in [1.807, 2.05) is 6.07 Å². The molecule has 0 bridgehead atoms. The standard InChI is InChI=1S/C22H24FN3O2/c1-2-20-18-6-4-17(27)11-15(18)13-26(20)25-9-7-14(8-10-25)22-19-5-3-16(23)12-21(19)28-24-22/h3-6,11-12,14,20,27H,2,7-10,13H2,1H3. The summed E-state index contributed by atoms with van der Waals surface area (Å²) >= 11 is 0. The highest BCUT2D eigenvalue weighted by molar-refractivity contribution is 5.79. The second kappa shape index (κ2) is 6.87. The molecule has 1 aromatic heterocycles. The minimum absolute atomic E-state index is 0.296. The van der Waals surface area contributed by atoms with E-state index in [1.165, 1.54) is 23.3 Å². The summed E-state index contributed by atoms with van der Waals surface area (Å²) in [5.74, 6) is 0.371. The van der Waals surface area contributed by atoms with Gasteiger partial charge in [-0.1, -0.05) is 18.1 Å². The average Bonchev–Trinajstić information content (AvgIpc) is 3.28. The lowest BCUT2D eigenvalue weighted by Gasteiger charge is -2.40. The molecule has 5 nitrogen and oxygen atoms in total. The fraction of sp³-hybridized carbons (Fsp3) is 0.409. The van der Waals surface area contributed by atoms with E-state index < -0.39 is 0 Å². The minimum Gasteiger partial charge on any atom is -0.508 e. The van der Waals surface area contributed by atoms with E-state index in [9.17, 15) is 9.50 Å². The lowest BCUT2D eigenvalue weighted by atomic mass is 9.92. The van der Waals surface area contributed by atoms with Gasteiger partial charge in [0.2, 0.25) is 0 Å². The van der Waals surface area contributed by atoms with Crippen molar-refractivity contribution in [3.8, 4) is 5.75 Å². The molecule has 0 amide bonds. The topological polar surface area (TPSA) is 52.7 Å². The van der Waals surface area contributed by atoms with E-state index in [-0.39, 0.29) is 5.82 Å². The molecule has 6 heteroatoms. The maximum atomic E-state index is 13.4. The van der Waals surface area contributed by atoms with Crippen molar-refractivity contribution in [2.24, 2.45) is 0 Å². The van der Waals surface area contributed by atoms with Crippen LogP contribution in [0.25, 0.3) is 11.0 Å². The molecule has 0 spiro atoms. The van der Waals surface area contributed by atoms with Gasteiger partial charge in [-0.25, -0.2) is 14.4 Å². The first-order chi connectivity index (χ1) is 13.6. The van der Waals surface area contributed by atoms with Crippen LogP contribution in [0.15, 0.2) is 40.9 Å². The van der Waals surface area contributed by atoms with Gasteiger partial charge in [0.05, 0.1) is 5.69 Å². The number of hydrogen-bond acceptors (Lipinski definition) is 5. The number of aromatic hydroxyl groups is 1. The maximum absolute atomic E-state index is 13.4. The highest BCUT2D eigenvalue weighted by Crippen LogP contribution is 2.41. The summed E-state index contributed by atoms with van der Waals surface area (Å²) in [6, 6.07) is 10.8. The first kappa shape index (κ1) is 17.6. The Morgan fingerprint density at radius 2 is 2.00 bits per heavy atom. The molecule has 2 aliphatic rings. The summed E-state index contributed by atoms with van der Waals surface area (Å²) in [7, 11) is 0. The van der Waals surface area contributed by atoms with Gasteiger partial charge in [-0.3, -0.25) is 0 Å². The summed E-state index contributed by atoms with van der Waals surface area (Å²) in [5.41, 5.74) is 4.03. The van der Waals surface area contributed by atoms with Crippen LogP contribution in [-0.2, 0) is 6.54 Å². The number of fused-ring (bicyclic) bond motifs is 2. The van der Waals surface area contributed by atoms with E-state index >= 15 is 0 Å². The normalized spacial score (nSPS) is 21.4. The average molecular weight is 381 g/mol. The van der Waals surface area contributed by atoms with Crippen molar-refractivity contribution >= 4 is 11.0 Å². The quantitative estimate of drug-likeness (QED) is 0.711. The van der Waals surface area contributed by atoms with Gasteiger partial charge in [-0.2, -0.15) is 0 Å². The molecule has 1 saturated heterocycles. The molecule has 2 aliphatic heterocycles. The summed E-state index contributed by atoms with van der Waals surface area (Å²) in [5, 5.41) is 19.9. The largest absolute Gasteiger partial charge is 0.508 e. The van der Waals surface area contributed by atoms with E-state index in [0.29, 0.717) is 23.3 Å². The Balaban J connectivity index is 1.32. The molecule has 28 heavy (non-hydrogen) atoms. The number of aromatic nitrogens is 1. The van der Waals surface area contributed by atoms with Crippen LogP contribution in [0.2, 0.25) is 0 Å². The van der Waals surface area contributed by atoms with Crippen LogP contribution in [0.4, 0.5) is 4.39 Å². The Bertz CT molecular complexity index is 1010. The van der Waals surface area contributed by atoms with Crippen molar-refractivity contribution in [1.82, 2.24) is 15.2 Å². The number of phenols is 1. The summed E-state index contributed by atoms with van der Waals surface area (Å²) in [6.45, 7) is 4.97. The zero-order valence-electron chi connectivity index (χ0n) is 15.9. The van der Waals surface area contributed by atoms with Crippen LogP contribution in [0, 0.1) is 5.82 Å². The van der Waals surface area contributed by atoms with Gasteiger partial charge in [-0.15, -0.1) is 0 Å². The molecule has 1 fully saturated rings. The van der Waals surface area contributed by atoms with E-state index in [0.717, 1.165) is 50.0 Å². The molecule has 5 rings (SSSR count). The van der Waals surface area contributed by atoms with Crippen molar-refractivity contribution < 1.29 is 14.0 Å². The van der Waals surface area contributed by atoms with Gasteiger partial charge in [0.15, 0.2) is 5.58 Å². The van der Waals surface area contributed by atoms with Crippen molar-refractivity contribution in [2.75, 3.05) is 13.1 Å². The van der Waals surface area contributed by atoms with Gasteiger partial charge >= 0.3 is 0 Å². The Hall–Kier alpha value is -2.44. The zero-order valence-corrected chi connectivity index (χ0v) is 15.9. The molecule has 0 saturated carbocycles. The Morgan fingerprint density at radius 3 is 2.79 bits per heavy atom. The number of nitrogens with zero attached hydrogens (tertiary/aromatic N) is 3. The first-order valence-corrected chi connectivity index (χ1v) is 10.0. The third-order valence-electron chi connectivity index (χ3n) is 6.25. The molecule has 146 valence electrons. The number of hydrogen-bond donors (Lipinski definition) is 1. The minimum atomic E-state index is -0.296. The van der Waals surface area contributed by atoms with Gasteiger partial charge in [0.25, 0.3) is 0 Å². The van der Waals surface area contributed by atoms with Crippen LogP contribution in [0.5, 0.6) is 5.75 Å². The van der Waals surface area contributed by atoms with Crippen molar-refractivity contribution in [3.05, 3.63) is 59.0 Å². The number of phenolic OH excluding ortho intramolecular Hbond substituents is 1. The lowest BCUT2D eigenvalue weighted by molar-refractivity contribution is -0.0749. The first-order valence-electron chi connectivity index (χ1n) is 10.0. The zero-order chi connectivity index (χ0) is 19.3. The molecule has 1 atom stereocenters. The monoisotopic (exact) mass is 381 g/mol. The summed E-state index contributed by atoms with van der Waals surface area (Å²) in [6.07, 6.45) is 3.03. The van der Waals surface area contributed by atoms with Gasteiger partial charge in [0, 0.05) is 43.0 Å². The lowest BCUT2D eigenvalue weighted by Crippen LogP contribution is -2.45. The predicted octanol–water partition coefficient (Wildman–Crippen LogP) is 4.73. The van der Waals surface area contributed by atoms with Crippen LogP contribution in [-0.4, -0.2) is 33.4 Å². The highest BCUT2D eigenvalue weighted by atomic mass is 19.1. The SMILES string of the molecule is CCC1c2ccc(O)cc2CN1N1CCC(c2noc3cc(F)ccc23)CC1. The van der Waals surface area contributed by atoms with E-state index in [2.05, 4.69) is 28.2 Å². The number of piperidine rings is 1.